The third kappa shape index (κ3) is 4.32. The van der Waals surface area contributed by atoms with Crippen LogP contribution in [0.3, 0.4) is 0 Å². The van der Waals surface area contributed by atoms with Crippen molar-refractivity contribution in [3.63, 3.8) is 0 Å². The van der Waals surface area contributed by atoms with Crippen LogP contribution in [0.1, 0.15) is 45.4 Å². The predicted octanol–water partition coefficient (Wildman–Crippen LogP) is 2.70. The lowest BCUT2D eigenvalue weighted by molar-refractivity contribution is -0.122. The molecule has 0 bridgehead atoms. The van der Waals surface area contributed by atoms with Gasteiger partial charge in [-0.25, -0.2) is 0 Å². The van der Waals surface area contributed by atoms with Crippen LogP contribution in [0.15, 0.2) is 0 Å². The number of halogens is 1. The van der Waals surface area contributed by atoms with Crippen molar-refractivity contribution in [2.24, 2.45) is 5.92 Å². The van der Waals surface area contributed by atoms with Gasteiger partial charge < -0.3 is 5.32 Å². The van der Waals surface area contributed by atoms with Crippen LogP contribution in [0, 0.1) is 5.92 Å². The first-order valence-electron chi connectivity index (χ1n) is 5.63. The van der Waals surface area contributed by atoms with Crippen LogP contribution in [0.4, 0.5) is 0 Å². The Bertz CT molecular complexity index is 180. The summed E-state index contributed by atoms with van der Waals surface area (Å²) in [7, 11) is 0. The van der Waals surface area contributed by atoms with E-state index in [1.807, 2.05) is 0 Å². The summed E-state index contributed by atoms with van der Waals surface area (Å²) in [6.07, 6.45) is 6.51. The maximum atomic E-state index is 11.4. The highest BCUT2D eigenvalue weighted by atomic mass is 35.5. The van der Waals surface area contributed by atoms with E-state index in [4.69, 9.17) is 11.6 Å². The van der Waals surface area contributed by atoms with E-state index in [0.717, 1.165) is 12.8 Å². The normalized spacial score (nSPS) is 18.7. The highest BCUT2D eigenvalue weighted by Gasteiger charge is 2.20. The standard InChI is InChI=1S/C11H20ClNO/c1-2-4-10(12)8-13-11(14)7-9-5-3-6-9/h9-10H,2-8H2,1H3,(H,13,14). The van der Waals surface area contributed by atoms with Gasteiger partial charge in [0.15, 0.2) is 0 Å². The zero-order chi connectivity index (χ0) is 10.4. The maximum Gasteiger partial charge on any atom is 0.220 e. The number of alkyl halides is 1. The summed E-state index contributed by atoms with van der Waals surface area (Å²) >= 11 is 5.99. The fraction of sp³-hybridized carbons (Fsp3) is 0.909. The molecule has 82 valence electrons. The minimum Gasteiger partial charge on any atom is -0.355 e. The molecule has 0 saturated heterocycles. The molecule has 1 unspecified atom stereocenters. The summed E-state index contributed by atoms with van der Waals surface area (Å²) in [5.41, 5.74) is 0. The van der Waals surface area contributed by atoms with Gasteiger partial charge >= 0.3 is 0 Å². The van der Waals surface area contributed by atoms with E-state index in [1.54, 1.807) is 0 Å². The zero-order valence-electron chi connectivity index (χ0n) is 8.89. The quantitative estimate of drug-likeness (QED) is 0.681. The lowest BCUT2D eigenvalue weighted by atomic mass is 9.83. The van der Waals surface area contributed by atoms with Crippen molar-refractivity contribution in [1.29, 1.82) is 0 Å². The number of carbonyl (C=O) groups is 1. The molecule has 0 aromatic rings. The maximum absolute atomic E-state index is 11.4. The molecular weight excluding hydrogens is 198 g/mol. The number of carbonyl (C=O) groups excluding carboxylic acids is 1. The fourth-order valence-electron chi connectivity index (χ4n) is 1.67. The van der Waals surface area contributed by atoms with Gasteiger partial charge in [0.1, 0.15) is 0 Å². The largest absolute Gasteiger partial charge is 0.355 e. The van der Waals surface area contributed by atoms with E-state index in [2.05, 4.69) is 12.2 Å². The van der Waals surface area contributed by atoms with Gasteiger partial charge in [0.2, 0.25) is 5.91 Å². The average Bonchev–Trinajstić information content (AvgIpc) is 2.09. The van der Waals surface area contributed by atoms with E-state index in [-0.39, 0.29) is 11.3 Å². The van der Waals surface area contributed by atoms with Crippen LogP contribution in [-0.4, -0.2) is 17.8 Å². The van der Waals surface area contributed by atoms with E-state index < -0.39 is 0 Å². The highest BCUT2D eigenvalue weighted by Crippen LogP contribution is 2.29. The van der Waals surface area contributed by atoms with Gasteiger partial charge in [-0.2, -0.15) is 0 Å². The summed E-state index contributed by atoms with van der Waals surface area (Å²) < 4.78 is 0. The topological polar surface area (TPSA) is 29.1 Å². The number of amides is 1. The second-order valence-electron chi connectivity index (χ2n) is 4.19. The third-order valence-corrected chi connectivity index (χ3v) is 3.19. The van der Waals surface area contributed by atoms with Crippen LogP contribution in [0.25, 0.3) is 0 Å². The highest BCUT2D eigenvalue weighted by molar-refractivity contribution is 6.20. The summed E-state index contributed by atoms with van der Waals surface area (Å²) in [6, 6.07) is 0. The fourth-order valence-corrected chi connectivity index (χ4v) is 1.97. The van der Waals surface area contributed by atoms with Gasteiger partial charge in [-0.1, -0.05) is 19.8 Å². The molecule has 0 heterocycles. The SMILES string of the molecule is CCCC(Cl)CNC(=O)CC1CCC1. The van der Waals surface area contributed by atoms with Crippen LogP contribution >= 0.6 is 11.6 Å². The number of nitrogens with one attached hydrogen (secondary N) is 1. The van der Waals surface area contributed by atoms with Crippen molar-refractivity contribution < 1.29 is 4.79 Å². The molecule has 1 N–H and O–H groups in total. The van der Waals surface area contributed by atoms with Crippen molar-refractivity contribution in [2.45, 2.75) is 50.8 Å². The summed E-state index contributed by atoms with van der Waals surface area (Å²) in [6.45, 7) is 2.73. The molecule has 1 amide bonds. The van der Waals surface area contributed by atoms with Crippen molar-refractivity contribution in [3.8, 4) is 0 Å². The Labute approximate surface area is 91.4 Å². The lowest BCUT2D eigenvalue weighted by Crippen LogP contribution is -2.32. The molecule has 1 fully saturated rings. The Hall–Kier alpha value is -0.240. The molecular formula is C11H20ClNO. The van der Waals surface area contributed by atoms with E-state index in [9.17, 15) is 4.79 Å². The Kier molecular flexibility index (Phi) is 5.31. The van der Waals surface area contributed by atoms with E-state index >= 15 is 0 Å². The average molecular weight is 218 g/mol. The molecule has 0 spiro atoms. The molecule has 2 nitrogen and oxygen atoms in total. The Morgan fingerprint density at radius 2 is 2.29 bits per heavy atom. The van der Waals surface area contributed by atoms with Gasteiger partial charge in [0.05, 0.1) is 5.38 Å². The van der Waals surface area contributed by atoms with Crippen LogP contribution in [0.5, 0.6) is 0 Å². The van der Waals surface area contributed by atoms with Gasteiger partial charge in [-0.3, -0.25) is 4.79 Å². The van der Waals surface area contributed by atoms with E-state index in [0.29, 0.717) is 18.9 Å². The second-order valence-corrected chi connectivity index (χ2v) is 4.81. The molecule has 14 heavy (non-hydrogen) atoms. The Morgan fingerprint density at radius 1 is 1.57 bits per heavy atom. The molecule has 0 aliphatic heterocycles. The summed E-state index contributed by atoms with van der Waals surface area (Å²) in [5.74, 6) is 0.825. The number of hydrogen-bond acceptors (Lipinski definition) is 1. The van der Waals surface area contributed by atoms with Gasteiger partial charge in [0.25, 0.3) is 0 Å². The van der Waals surface area contributed by atoms with Gasteiger partial charge in [-0.15, -0.1) is 11.6 Å². The van der Waals surface area contributed by atoms with Crippen LogP contribution in [-0.2, 0) is 4.79 Å². The summed E-state index contributed by atoms with van der Waals surface area (Å²) in [5, 5.41) is 3.00. The van der Waals surface area contributed by atoms with E-state index in [1.165, 1.54) is 19.3 Å². The molecule has 0 aromatic heterocycles. The van der Waals surface area contributed by atoms with Crippen LogP contribution in [0.2, 0.25) is 0 Å². The first kappa shape index (κ1) is 11.8. The minimum absolute atomic E-state index is 0.102. The van der Waals surface area contributed by atoms with Gasteiger partial charge in [-0.05, 0) is 25.2 Å². The molecule has 1 rings (SSSR count). The molecule has 1 atom stereocenters. The first-order valence-corrected chi connectivity index (χ1v) is 6.06. The number of hydrogen-bond donors (Lipinski definition) is 1. The number of rotatable bonds is 6. The van der Waals surface area contributed by atoms with Gasteiger partial charge in [0, 0.05) is 13.0 Å². The lowest BCUT2D eigenvalue weighted by Gasteiger charge is -2.24. The Morgan fingerprint density at radius 3 is 2.79 bits per heavy atom. The molecule has 1 saturated carbocycles. The minimum atomic E-state index is 0.102. The zero-order valence-corrected chi connectivity index (χ0v) is 9.65. The first-order chi connectivity index (χ1) is 6.72. The van der Waals surface area contributed by atoms with Crippen molar-refractivity contribution in [1.82, 2.24) is 5.32 Å². The monoisotopic (exact) mass is 217 g/mol. The summed E-state index contributed by atoms with van der Waals surface area (Å²) in [4.78, 5) is 11.4. The molecule has 1 aliphatic carbocycles. The Balaban J connectivity index is 2.01. The molecule has 0 radical (unpaired) electrons. The van der Waals surface area contributed by atoms with Crippen molar-refractivity contribution >= 4 is 17.5 Å². The third-order valence-electron chi connectivity index (χ3n) is 2.82. The molecule has 0 aromatic carbocycles. The molecule has 1 aliphatic rings. The molecule has 3 heteroatoms. The smallest absolute Gasteiger partial charge is 0.220 e. The van der Waals surface area contributed by atoms with Crippen molar-refractivity contribution in [3.05, 3.63) is 0 Å². The van der Waals surface area contributed by atoms with Crippen LogP contribution < -0.4 is 5.32 Å². The predicted molar refractivity (Wildman–Crippen MR) is 59.5 cm³/mol. The second kappa shape index (κ2) is 6.28. The van der Waals surface area contributed by atoms with Crippen molar-refractivity contribution in [2.75, 3.05) is 6.54 Å².